The number of likely N-dealkylation sites (N-methyl/N-ethyl adjacent to an activating group) is 1. The van der Waals surface area contributed by atoms with Gasteiger partial charge in [0.05, 0.1) is 24.1 Å². The van der Waals surface area contributed by atoms with E-state index in [0.29, 0.717) is 11.0 Å². The lowest BCUT2D eigenvalue weighted by atomic mass is 10.0. The van der Waals surface area contributed by atoms with Crippen LogP contribution < -0.4 is 4.74 Å². The average Bonchev–Trinajstić information content (AvgIpc) is 2.76. The van der Waals surface area contributed by atoms with Crippen LogP contribution in [-0.4, -0.2) is 72.5 Å². The number of aromatic nitrogens is 1. The molecule has 2 heterocycles. The number of aliphatic hydroxyl groups is 1. The van der Waals surface area contributed by atoms with E-state index in [9.17, 15) is 18.3 Å². The first-order valence-electron chi connectivity index (χ1n) is 10.3. The van der Waals surface area contributed by atoms with Crippen molar-refractivity contribution in [3.8, 4) is 5.88 Å². The number of nitrogens with zero attached hydrogens (tertiary/aromatic N) is 3. The van der Waals surface area contributed by atoms with Gasteiger partial charge in [-0.25, -0.2) is 13.4 Å². The number of pyridine rings is 1. The summed E-state index contributed by atoms with van der Waals surface area (Å²) in [5, 5.41) is 9.68. The Labute approximate surface area is 197 Å². The van der Waals surface area contributed by atoms with Gasteiger partial charge in [0.1, 0.15) is 11.7 Å². The molecule has 32 heavy (non-hydrogen) atoms. The fourth-order valence-electron chi connectivity index (χ4n) is 3.54. The molecule has 3 rings (SSSR count). The first-order valence-corrected chi connectivity index (χ1v) is 12.5. The van der Waals surface area contributed by atoms with E-state index >= 15 is 0 Å². The highest BCUT2D eigenvalue weighted by Crippen LogP contribution is 2.29. The molecule has 1 aliphatic heterocycles. The number of benzene rings is 1. The first kappa shape index (κ1) is 24.6. The van der Waals surface area contributed by atoms with E-state index in [0.717, 1.165) is 5.56 Å². The number of amides is 1. The summed E-state index contributed by atoms with van der Waals surface area (Å²) in [6, 6.07) is 7.90. The van der Waals surface area contributed by atoms with Gasteiger partial charge < -0.3 is 14.7 Å². The van der Waals surface area contributed by atoms with Crippen LogP contribution in [0.3, 0.4) is 0 Å². The molecule has 3 atom stereocenters. The molecular weight excluding hydrogens is 498 g/mol. The Morgan fingerprint density at radius 1 is 1.34 bits per heavy atom. The molecule has 0 saturated heterocycles. The maximum absolute atomic E-state index is 13.2. The summed E-state index contributed by atoms with van der Waals surface area (Å²) in [6.45, 7) is 5.74. The highest BCUT2D eigenvalue weighted by molar-refractivity contribution is 9.10. The van der Waals surface area contributed by atoms with Crippen LogP contribution in [0.4, 0.5) is 0 Å². The molecule has 1 aliphatic rings. The third-order valence-electron chi connectivity index (χ3n) is 5.65. The number of aliphatic hydroxyl groups excluding tert-OH is 1. The van der Waals surface area contributed by atoms with E-state index in [4.69, 9.17) is 4.74 Å². The molecule has 0 fully saturated rings. The molecular formula is C22H28BrN3O5S. The van der Waals surface area contributed by atoms with Gasteiger partial charge in [-0.15, -0.1) is 0 Å². The second kappa shape index (κ2) is 9.86. The van der Waals surface area contributed by atoms with Gasteiger partial charge in [0.2, 0.25) is 15.9 Å². The largest absolute Gasteiger partial charge is 0.472 e. The quantitative estimate of drug-likeness (QED) is 0.622. The van der Waals surface area contributed by atoms with E-state index in [1.54, 1.807) is 42.2 Å². The zero-order valence-corrected chi connectivity index (χ0v) is 20.9. The minimum Gasteiger partial charge on any atom is -0.472 e. The normalized spacial score (nSPS) is 20.3. The first-order chi connectivity index (χ1) is 15.0. The molecule has 0 aliphatic carbocycles. The Bertz CT molecular complexity index is 1080. The number of sulfonamides is 1. The Morgan fingerprint density at radius 2 is 2.00 bits per heavy atom. The van der Waals surface area contributed by atoms with Gasteiger partial charge in [-0.2, -0.15) is 4.31 Å². The monoisotopic (exact) mass is 525 g/mol. The number of hydrogen-bond donors (Lipinski definition) is 1. The SMILES string of the molecule is Cc1ccc(S(=O)(=O)N(C)C[C@@H]2Oc3ncc(Br)cc3C(=O)N([C@H](C)CO)C[C@H]2C)cc1. The maximum Gasteiger partial charge on any atom is 0.259 e. The van der Waals surface area contributed by atoms with Crippen molar-refractivity contribution in [2.75, 3.05) is 26.7 Å². The molecule has 1 aromatic heterocycles. The number of ether oxygens (including phenoxy) is 1. The summed E-state index contributed by atoms with van der Waals surface area (Å²) in [6.07, 6.45) is 0.969. The van der Waals surface area contributed by atoms with E-state index in [-0.39, 0.29) is 41.3 Å². The molecule has 0 saturated carbocycles. The molecule has 0 bridgehead atoms. The third-order valence-corrected chi connectivity index (χ3v) is 7.93. The zero-order chi connectivity index (χ0) is 23.6. The summed E-state index contributed by atoms with van der Waals surface area (Å²) >= 11 is 3.34. The molecule has 1 aromatic carbocycles. The summed E-state index contributed by atoms with van der Waals surface area (Å²) < 4.78 is 34.2. The number of carbonyl (C=O) groups excluding carboxylic acids is 1. The Balaban J connectivity index is 1.94. The summed E-state index contributed by atoms with van der Waals surface area (Å²) in [5.74, 6) is -0.366. The topological polar surface area (TPSA) is 100 Å². The Hall–Kier alpha value is -2.01. The van der Waals surface area contributed by atoms with Crippen molar-refractivity contribution in [1.82, 2.24) is 14.2 Å². The highest BCUT2D eigenvalue weighted by Gasteiger charge is 2.35. The van der Waals surface area contributed by atoms with Crippen molar-refractivity contribution in [3.05, 3.63) is 52.1 Å². The van der Waals surface area contributed by atoms with Crippen molar-refractivity contribution < 1.29 is 23.1 Å². The highest BCUT2D eigenvalue weighted by atomic mass is 79.9. The fraction of sp³-hybridized carbons (Fsp3) is 0.455. The van der Waals surface area contributed by atoms with Gasteiger partial charge >= 0.3 is 0 Å². The van der Waals surface area contributed by atoms with Crippen LogP contribution in [0.25, 0.3) is 0 Å². The maximum atomic E-state index is 13.2. The van der Waals surface area contributed by atoms with Gasteiger partial charge in [0.25, 0.3) is 5.91 Å². The van der Waals surface area contributed by atoms with Crippen LogP contribution in [0.1, 0.15) is 29.8 Å². The van der Waals surface area contributed by atoms with Crippen LogP contribution in [-0.2, 0) is 10.0 Å². The number of aryl methyl sites for hydroxylation is 1. The summed E-state index contributed by atoms with van der Waals surface area (Å²) in [4.78, 5) is 19.2. The molecule has 2 aromatic rings. The lowest BCUT2D eigenvalue weighted by molar-refractivity contribution is 0.0373. The number of fused-ring (bicyclic) bond motifs is 1. The third kappa shape index (κ3) is 5.14. The second-order valence-corrected chi connectivity index (χ2v) is 11.2. The van der Waals surface area contributed by atoms with Crippen LogP contribution in [0, 0.1) is 12.8 Å². The number of rotatable bonds is 6. The molecule has 1 amide bonds. The number of carbonyl (C=O) groups is 1. The molecule has 1 N–H and O–H groups in total. The zero-order valence-electron chi connectivity index (χ0n) is 18.5. The minimum atomic E-state index is -3.72. The van der Waals surface area contributed by atoms with Crippen LogP contribution in [0.15, 0.2) is 45.9 Å². The predicted molar refractivity (Wildman–Crippen MR) is 124 cm³/mol. The van der Waals surface area contributed by atoms with E-state index < -0.39 is 22.2 Å². The average molecular weight is 526 g/mol. The Kier molecular flexibility index (Phi) is 7.59. The second-order valence-electron chi connectivity index (χ2n) is 8.23. The van der Waals surface area contributed by atoms with Gasteiger partial charge in [0, 0.05) is 30.2 Å². The number of hydrogen-bond acceptors (Lipinski definition) is 6. The molecule has 174 valence electrons. The van der Waals surface area contributed by atoms with Crippen LogP contribution in [0.5, 0.6) is 5.88 Å². The lowest BCUT2D eigenvalue weighted by Gasteiger charge is -2.37. The van der Waals surface area contributed by atoms with Crippen molar-refractivity contribution in [2.45, 2.75) is 37.8 Å². The smallest absolute Gasteiger partial charge is 0.259 e. The minimum absolute atomic E-state index is 0.0735. The standard InChI is InChI=1S/C22H28BrN3O5S/c1-14-5-7-18(8-6-14)32(29,30)25(4)12-20-15(2)11-26(16(3)13-27)22(28)19-9-17(23)10-24-21(19)31-20/h5-10,15-16,20,27H,11-13H2,1-4H3/t15-,16-,20+/m1/s1. The predicted octanol–water partition coefficient (Wildman–Crippen LogP) is 2.69. The van der Waals surface area contributed by atoms with E-state index in [1.807, 2.05) is 13.8 Å². The van der Waals surface area contributed by atoms with E-state index in [2.05, 4.69) is 20.9 Å². The Morgan fingerprint density at radius 3 is 2.62 bits per heavy atom. The molecule has 10 heteroatoms. The van der Waals surface area contributed by atoms with Crippen molar-refractivity contribution in [1.29, 1.82) is 0 Å². The van der Waals surface area contributed by atoms with Crippen LogP contribution >= 0.6 is 15.9 Å². The molecule has 0 unspecified atom stereocenters. The number of halogens is 1. The molecule has 8 nitrogen and oxygen atoms in total. The van der Waals surface area contributed by atoms with Gasteiger partial charge in [0.15, 0.2) is 0 Å². The van der Waals surface area contributed by atoms with Gasteiger partial charge in [-0.3, -0.25) is 4.79 Å². The molecule has 0 radical (unpaired) electrons. The lowest BCUT2D eigenvalue weighted by Crippen LogP contribution is -2.50. The van der Waals surface area contributed by atoms with Crippen LogP contribution in [0.2, 0.25) is 0 Å². The summed E-state index contributed by atoms with van der Waals surface area (Å²) in [5.41, 5.74) is 1.24. The van der Waals surface area contributed by atoms with Crippen molar-refractivity contribution in [3.63, 3.8) is 0 Å². The van der Waals surface area contributed by atoms with Crippen molar-refractivity contribution in [2.24, 2.45) is 5.92 Å². The summed E-state index contributed by atoms with van der Waals surface area (Å²) in [7, 11) is -2.21. The van der Waals surface area contributed by atoms with Gasteiger partial charge in [-0.1, -0.05) is 24.6 Å². The van der Waals surface area contributed by atoms with E-state index in [1.165, 1.54) is 17.5 Å². The molecule has 0 spiro atoms. The van der Waals surface area contributed by atoms with Crippen molar-refractivity contribution >= 4 is 31.9 Å². The fourth-order valence-corrected chi connectivity index (χ4v) is 5.05. The van der Waals surface area contributed by atoms with Gasteiger partial charge in [-0.05, 0) is 48.0 Å².